The van der Waals surface area contributed by atoms with Gasteiger partial charge in [-0.05, 0) is 50.2 Å². The zero-order chi connectivity index (χ0) is 16.1. The summed E-state index contributed by atoms with van der Waals surface area (Å²) < 4.78 is 17.9. The molecule has 5 nitrogen and oxygen atoms in total. The molecule has 0 bridgehead atoms. The van der Waals surface area contributed by atoms with E-state index < -0.39 is 23.8 Å². The fourth-order valence-electron chi connectivity index (χ4n) is 1.65. The molecule has 1 heterocycles. The van der Waals surface area contributed by atoms with Crippen LogP contribution in [0.1, 0.15) is 23.0 Å². The number of halogens is 1. The summed E-state index contributed by atoms with van der Waals surface area (Å²) in [7, 11) is 0. The lowest BCUT2D eigenvalue weighted by molar-refractivity contribution is -0.123. The van der Waals surface area contributed by atoms with Crippen LogP contribution in [0.2, 0.25) is 0 Å². The van der Waals surface area contributed by atoms with Gasteiger partial charge in [-0.2, -0.15) is 0 Å². The lowest BCUT2D eigenvalue weighted by atomic mass is 10.2. The van der Waals surface area contributed by atoms with Crippen LogP contribution in [0.25, 0.3) is 0 Å². The number of rotatable bonds is 4. The van der Waals surface area contributed by atoms with Gasteiger partial charge in [-0.25, -0.2) is 9.18 Å². The van der Waals surface area contributed by atoms with Crippen molar-refractivity contribution in [3.05, 3.63) is 59.7 Å². The average Bonchev–Trinajstić information content (AvgIpc) is 2.50. The van der Waals surface area contributed by atoms with Crippen molar-refractivity contribution in [2.24, 2.45) is 0 Å². The molecular weight excluding hydrogens is 287 g/mol. The Morgan fingerprint density at radius 3 is 2.45 bits per heavy atom. The van der Waals surface area contributed by atoms with E-state index in [0.29, 0.717) is 5.69 Å². The zero-order valence-corrected chi connectivity index (χ0v) is 12.2. The molecule has 0 saturated carbocycles. The third-order valence-electron chi connectivity index (χ3n) is 2.91. The van der Waals surface area contributed by atoms with Crippen molar-refractivity contribution in [2.45, 2.75) is 20.0 Å². The van der Waals surface area contributed by atoms with Gasteiger partial charge in [-0.15, -0.1) is 0 Å². The third-order valence-corrected chi connectivity index (χ3v) is 2.91. The Kier molecular flexibility index (Phi) is 4.83. The summed E-state index contributed by atoms with van der Waals surface area (Å²) in [6.07, 6.45) is 0.404. The molecule has 2 rings (SSSR count). The predicted molar refractivity (Wildman–Crippen MR) is 78.9 cm³/mol. The number of carbonyl (C=O) groups is 2. The van der Waals surface area contributed by atoms with E-state index in [1.165, 1.54) is 37.4 Å². The highest BCUT2D eigenvalue weighted by Crippen LogP contribution is 2.10. The van der Waals surface area contributed by atoms with Gasteiger partial charge in [0.05, 0.1) is 5.56 Å². The van der Waals surface area contributed by atoms with Crippen LogP contribution in [0, 0.1) is 12.7 Å². The number of ether oxygens (including phenoxy) is 1. The summed E-state index contributed by atoms with van der Waals surface area (Å²) in [4.78, 5) is 27.8. The Bertz CT molecular complexity index is 669. The van der Waals surface area contributed by atoms with Crippen LogP contribution in [0.3, 0.4) is 0 Å². The number of aryl methyl sites for hydroxylation is 1. The zero-order valence-electron chi connectivity index (χ0n) is 12.2. The molecule has 1 unspecified atom stereocenters. The predicted octanol–water partition coefficient (Wildman–Crippen LogP) is 2.71. The van der Waals surface area contributed by atoms with E-state index in [2.05, 4.69) is 10.3 Å². The number of pyridine rings is 1. The lowest BCUT2D eigenvalue weighted by Gasteiger charge is -2.13. The minimum Gasteiger partial charge on any atom is -0.449 e. The second-order valence-electron chi connectivity index (χ2n) is 4.73. The van der Waals surface area contributed by atoms with Gasteiger partial charge in [-0.3, -0.25) is 9.78 Å². The van der Waals surface area contributed by atoms with Crippen LogP contribution >= 0.6 is 0 Å². The van der Waals surface area contributed by atoms with Crippen LogP contribution in [0.5, 0.6) is 0 Å². The van der Waals surface area contributed by atoms with Gasteiger partial charge >= 0.3 is 5.97 Å². The molecule has 0 fully saturated rings. The van der Waals surface area contributed by atoms with E-state index in [0.717, 1.165) is 5.69 Å². The average molecular weight is 302 g/mol. The maximum absolute atomic E-state index is 12.8. The fourth-order valence-corrected chi connectivity index (χ4v) is 1.65. The van der Waals surface area contributed by atoms with Gasteiger partial charge in [-0.1, -0.05) is 0 Å². The number of nitrogens with one attached hydrogen (secondary N) is 1. The molecule has 1 atom stereocenters. The second-order valence-corrected chi connectivity index (χ2v) is 4.73. The monoisotopic (exact) mass is 302 g/mol. The van der Waals surface area contributed by atoms with Crippen molar-refractivity contribution in [1.82, 2.24) is 4.98 Å². The Morgan fingerprint density at radius 2 is 1.86 bits per heavy atom. The molecule has 0 saturated heterocycles. The lowest BCUT2D eigenvalue weighted by Crippen LogP contribution is -2.30. The van der Waals surface area contributed by atoms with Gasteiger partial charge in [0.1, 0.15) is 5.82 Å². The highest BCUT2D eigenvalue weighted by molar-refractivity contribution is 5.97. The van der Waals surface area contributed by atoms with Crippen LogP contribution in [-0.2, 0) is 9.53 Å². The van der Waals surface area contributed by atoms with Crippen molar-refractivity contribution in [2.75, 3.05) is 5.32 Å². The van der Waals surface area contributed by atoms with Gasteiger partial charge in [0, 0.05) is 17.6 Å². The summed E-state index contributed by atoms with van der Waals surface area (Å²) in [5.41, 5.74) is 1.47. The van der Waals surface area contributed by atoms with Crippen LogP contribution in [0.15, 0.2) is 42.6 Å². The first-order valence-corrected chi connectivity index (χ1v) is 6.66. The number of benzene rings is 1. The normalized spacial score (nSPS) is 11.6. The van der Waals surface area contributed by atoms with Crippen molar-refractivity contribution in [3.8, 4) is 0 Å². The van der Waals surface area contributed by atoms with E-state index in [-0.39, 0.29) is 5.56 Å². The number of hydrogen-bond donors (Lipinski definition) is 1. The second kappa shape index (κ2) is 6.80. The highest BCUT2D eigenvalue weighted by atomic mass is 19.1. The van der Waals surface area contributed by atoms with Crippen LogP contribution < -0.4 is 5.32 Å². The van der Waals surface area contributed by atoms with Gasteiger partial charge in [0.15, 0.2) is 6.10 Å². The first-order valence-electron chi connectivity index (χ1n) is 6.66. The Morgan fingerprint density at radius 1 is 1.18 bits per heavy atom. The van der Waals surface area contributed by atoms with Crippen LogP contribution in [0.4, 0.5) is 10.1 Å². The Labute approximate surface area is 127 Å². The van der Waals surface area contributed by atoms with E-state index in [1.54, 1.807) is 19.1 Å². The highest BCUT2D eigenvalue weighted by Gasteiger charge is 2.19. The summed E-state index contributed by atoms with van der Waals surface area (Å²) in [6.45, 7) is 3.26. The fraction of sp³-hybridized carbons (Fsp3) is 0.188. The minimum absolute atomic E-state index is 0.270. The molecule has 0 spiro atoms. The van der Waals surface area contributed by atoms with E-state index in [1.807, 2.05) is 0 Å². The third kappa shape index (κ3) is 4.12. The number of anilines is 1. The number of carbonyl (C=O) groups excluding carboxylic acids is 2. The summed E-state index contributed by atoms with van der Waals surface area (Å²) in [6, 6.07) is 8.56. The standard InChI is InChI=1S/C16H15FN2O3/c1-10-3-4-12(9-18-10)16(21)22-11(2)15(20)19-14-7-5-13(17)6-8-14/h3-9,11H,1-2H3,(H,19,20). The molecule has 1 N–H and O–H groups in total. The molecule has 22 heavy (non-hydrogen) atoms. The molecule has 1 aromatic heterocycles. The largest absolute Gasteiger partial charge is 0.449 e. The van der Waals surface area contributed by atoms with E-state index in [4.69, 9.17) is 4.74 Å². The van der Waals surface area contributed by atoms with Crippen molar-refractivity contribution < 1.29 is 18.7 Å². The van der Waals surface area contributed by atoms with Crippen molar-refractivity contribution >= 4 is 17.6 Å². The molecule has 0 radical (unpaired) electrons. The number of hydrogen-bond acceptors (Lipinski definition) is 4. The molecule has 1 amide bonds. The quantitative estimate of drug-likeness (QED) is 0.882. The van der Waals surface area contributed by atoms with Crippen LogP contribution in [-0.4, -0.2) is 23.0 Å². The first-order chi connectivity index (χ1) is 10.5. The van der Waals surface area contributed by atoms with Gasteiger partial charge in [0.2, 0.25) is 0 Å². The van der Waals surface area contributed by atoms with Gasteiger partial charge < -0.3 is 10.1 Å². The minimum atomic E-state index is -0.987. The van der Waals surface area contributed by atoms with Gasteiger partial charge in [0.25, 0.3) is 5.91 Å². The van der Waals surface area contributed by atoms with E-state index in [9.17, 15) is 14.0 Å². The molecule has 114 valence electrons. The molecular formula is C16H15FN2O3. The number of nitrogens with zero attached hydrogens (tertiary/aromatic N) is 1. The molecule has 2 aromatic rings. The molecule has 1 aromatic carbocycles. The number of esters is 1. The summed E-state index contributed by atoms with van der Waals surface area (Å²) in [5, 5.41) is 2.54. The number of aromatic nitrogens is 1. The maximum Gasteiger partial charge on any atom is 0.340 e. The summed E-state index contributed by atoms with van der Waals surface area (Å²) in [5.74, 6) is -1.53. The molecule has 0 aliphatic rings. The van der Waals surface area contributed by atoms with E-state index >= 15 is 0 Å². The molecule has 6 heteroatoms. The SMILES string of the molecule is Cc1ccc(C(=O)OC(C)C(=O)Nc2ccc(F)cc2)cn1. The topological polar surface area (TPSA) is 68.3 Å². The Hall–Kier alpha value is -2.76. The Balaban J connectivity index is 1.94. The molecule has 0 aliphatic heterocycles. The van der Waals surface area contributed by atoms with Crippen molar-refractivity contribution in [3.63, 3.8) is 0 Å². The number of amides is 1. The molecule has 0 aliphatic carbocycles. The maximum atomic E-state index is 12.8. The summed E-state index contributed by atoms with van der Waals surface area (Å²) >= 11 is 0. The van der Waals surface area contributed by atoms with Crippen molar-refractivity contribution in [1.29, 1.82) is 0 Å². The smallest absolute Gasteiger partial charge is 0.340 e. The first kappa shape index (κ1) is 15.6.